The maximum Gasteiger partial charge on any atom is 0.123 e. The first-order valence-electron chi connectivity index (χ1n) is 7.86. The fraction of sp³-hybridized carbons (Fsp3) is 0.647. The molecule has 1 aromatic carbocycles. The molecule has 1 fully saturated rings. The molecule has 0 aliphatic heterocycles. The van der Waals surface area contributed by atoms with E-state index in [9.17, 15) is 9.50 Å². The molecule has 0 amide bonds. The van der Waals surface area contributed by atoms with E-state index in [1.54, 1.807) is 12.1 Å². The molecule has 0 bridgehead atoms. The summed E-state index contributed by atoms with van der Waals surface area (Å²) in [7, 11) is 0. The lowest BCUT2D eigenvalue weighted by molar-refractivity contribution is 0.0946. The molecule has 4 unspecified atom stereocenters. The highest BCUT2D eigenvalue weighted by Crippen LogP contribution is 2.29. The minimum absolute atomic E-state index is 0.218. The van der Waals surface area contributed by atoms with Gasteiger partial charge < -0.3 is 15.2 Å². The molecule has 1 aliphatic carbocycles. The average Bonchev–Trinajstić information content (AvgIpc) is 2.48. The zero-order valence-corrected chi connectivity index (χ0v) is 12.9. The van der Waals surface area contributed by atoms with E-state index in [1.165, 1.54) is 31.4 Å². The predicted octanol–water partition coefficient (Wildman–Crippen LogP) is 2.98. The molecule has 2 rings (SSSR count). The molecule has 1 aliphatic rings. The minimum atomic E-state index is -0.556. The second-order valence-electron chi connectivity index (χ2n) is 6.20. The van der Waals surface area contributed by atoms with Gasteiger partial charge in [-0.15, -0.1) is 0 Å². The summed E-state index contributed by atoms with van der Waals surface area (Å²) < 4.78 is 18.2. The summed E-state index contributed by atoms with van der Waals surface area (Å²) in [6, 6.07) is 6.32. The Bertz CT molecular complexity index is 423. The number of rotatable bonds is 6. The maximum atomic E-state index is 12.8. The summed E-state index contributed by atoms with van der Waals surface area (Å²) in [5.74, 6) is 1.67. The van der Waals surface area contributed by atoms with E-state index in [4.69, 9.17) is 4.74 Å². The lowest BCUT2D eigenvalue weighted by Crippen LogP contribution is -2.44. The Hall–Kier alpha value is -1.13. The van der Waals surface area contributed by atoms with Crippen molar-refractivity contribution in [3.05, 3.63) is 30.1 Å². The van der Waals surface area contributed by atoms with Crippen LogP contribution in [0.5, 0.6) is 5.75 Å². The van der Waals surface area contributed by atoms with Gasteiger partial charge in [0.15, 0.2) is 0 Å². The second-order valence-corrected chi connectivity index (χ2v) is 6.20. The van der Waals surface area contributed by atoms with Crippen molar-refractivity contribution in [3.63, 3.8) is 0 Å². The lowest BCUT2D eigenvalue weighted by Gasteiger charge is -2.35. The van der Waals surface area contributed by atoms with E-state index in [-0.39, 0.29) is 12.4 Å². The quantitative estimate of drug-likeness (QED) is 0.848. The summed E-state index contributed by atoms with van der Waals surface area (Å²) in [5.41, 5.74) is 0. The minimum Gasteiger partial charge on any atom is -0.491 e. The summed E-state index contributed by atoms with van der Waals surface area (Å²) >= 11 is 0. The number of hydrogen-bond donors (Lipinski definition) is 2. The van der Waals surface area contributed by atoms with Gasteiger partial charge in [0.25, 0.3) is 0 Å². The first-order valence-corrected chi connectivity index (χ1v) is 7.86. The molecule has 1 saturated carbocycles. The third-order valence-electron chi connectivity index (χ3n) is 4.58. The first kappa shape index (κ1) is 16.2. The maximum absolute atomic E-state index is 12.8. The van der Waals surface area contributed by atoms with Gasteiger partial charge in [0.05, 0.1) is 0 Å². The molecular weight excluding hydrogens is 269 g/mol. The van der Waals surface area contributed by atoms with Crippen molar-refractivity contribution in [2.24, 2.45) is 11.8 Å². The fourth-order valence-electron chi connectivity index (χ4n) is 2.94. The number of hydrogen-bond acceptors (Lipinski definition) is 3. The third kappa shape index (κ3) is 4.97. The van der Waals surface area contributed by atoms with Crippen LogP contribution in [-0.4, -0.2) is 30.4 Å². The highest BCUT2D eigenvalue weighted by atomic mass is 19.1. The van der Waals surface area contributed by atoms with Gasteiger partial charge in [-0.25, -0.2) is 4.39 Å². The molecule has 4 heteroatoms. The Kier molecular flexibility index (Phi) is 6.00. The van der Waals surface area contributed by atoms with Crippen molar-refractivity contribution in [2.75, 3.05) is 13.2 Å². The van der Waals surface area contributed by atoms with E-state index < -0.39 is 6.10 Å². The van der Waals surface area contributed by atoms with Crippen LogP contribution >= 0.6 is 0 Å². The molecule has 118 valence electrons. The van der Waals surface area contributed by atoms with Gasteiger partial charge in [0.2, 0.25) is 0 Å². The van der Waals surface area contributed by atoms with Crippen LogP contribution in [0.1, 0.15) is 33.1 Å². The molecule has 0 saturated heterocycles. The predicted molar refractivity (Wildman–Crippen MR) is 81.9 cm³/mol. The standard InChI is InChI=1S/C17H26FNO2/c1-12-4-3-5-17(13(12)2)19-10-15(20)11-21-16-8-6-14(18)7-9-16/h6-9,12-13,15,17,19-20H,3-5,10-11H2,1-2H3. The van der Waals surface area contributed by atoms with Gasteiger partial charge in [-0.05, 0) is 42.5 Å². The van der Waals surface area contributed by atoms with E-state index in [2.05, 4.69) is 19.2 Å². The summed E-state index contributed by atoms with van der Waals surface area (Å²) in [5, 5.41) is 13.4. The normalized spacial score (nSPS) is 27.3. The van der Waals surface area contributed by atoms with Gasteiger partial charge in [0.1, 0.15) is 24.3 Å². The molecular formula is C17H26FNO2. The number of halogens is 1. The van der Waals surface area contributed by atoms with Gasteiger partial charge in [-0.2, -0.15) is 0 Å². The van der Waals surface area contributed by atoms with Gasteiger partial charge in [0, 0.05) is 12.6 Å². The molecule has 0 heterocycles. The highest BCUT2D eigenvalue weighted by Gasteiger charge is 2.26. The molecule has 0 radical (unpaired) electrons. The van der Waals surface area contributed by atoms with Crippen molar-refractivity contribution in [1.29, 1.82) is 0 Å². The first-order chi connectivity index (χ1) is 10.1. The van der Waals surface area contributed by atoms with E-state index in [1.807, 2.05) is 0 Å². The summed E-state index contributed by atoms with van der Waals surface area (Å²) in [4.78, 5) is 0. The van der Waals surface area contributed by atoms with Crippen molar-refractivity contribution >= 4 is 0 Å². The van der Waals surface area contributed by atoms with Crippen LogP contribution in [0.15, 0.2) is 24.3 Å². The van der Waals surface area contributed by atoms with Crippen LogP contribution in [0, 0.1) is 17.7 Å². The molecule has 1 aromatic rings. The Balaban J connectivity index is 1.69. The van der Waals surface area contributed by atoms with E-state index in [0.29, 0.717) is 24.3 Å². The fourth-order valence-corrected chi connectivity index (χ4v) is 2.94. The number of aliphatic hydroxyl groups is 1. The molecule has 2 N–H and O–H groups in total. The monoisotopic (exact) mass is 295 g/mol. The molecule has 4 atom stereocenters. The Morgan fingerprint density at radius 2 is 2.00 bits per heavy atom. The number of ether oxygens (including phenoxy) is 1. The van der Waals surface area contributed by atoms with Gasteiger partial charge in [-0.3, -0.25) is 0 Å². The van der Waals surface area contributed by atoms with Crippen molar-refractivity contribution in [1.82, 2.24) is 5.32 Å². The molecule has 0 spiro atoms. The average molecular weight is 295 g/mol. The summed E-state index contributed by atoms with van der Waals surface area (Å²) in [6.45, 7) is 5.33. The van der Waals surface area contributed by atoms with Crippen LogP contribution in [0.4, 0.5) is 4.39 Å². The van der Waals surface area contributed by atoms with E-state index in [0.717, 1.165) is 5.92 Å². The zero-order valence-electron chi connectivity index (χ0n) is 12.9. The van der Waals surface area contributed by atoms with Gasteiger partial charge >= 0.3 is 0 Å². The van der Waals surface area contributed by atoms with Gasteiger partial charge in [-0.1, -0.05) is 26.7 Å². The second kappa shape index (κ2) is 7.76. The lowest BCUT2D eigenvalue weighted by atomic mass is 9.78. The van der Waals surface area contributed by atoms with Crippen LogP contribution < -0.4 is 10.1 Å². The topological polar surface area (TPSA) is 41.5 Å². The Morgan fingerprint density at radius 1 is 1.29 bits per heavy atom. The van der Waals surface area contributed by atoms with Crippen molar-refractivity contribution in [2.45, 2.75) is 45.3 Å². The zero-order chi connectivity index (χ0) is 15.2. The van der Waals surface area contributed by atoms with Crippen LogP contribution in [0.3, 0.4) is 0 Å². The molecule has 21 heavy (non-hydrogen) atoms. The van der Waals surface area contributed by atoms with Crippen LogP contribution in [0.25, 0.3) is 0 Å². The molecule has 0 aromatic heterocycles. The van der Waals surface area contributed by atoms with Crippen LogP contribution in [0.2, 0.25) is 0 Å². The SMILES string of the molecule is CC1CCCC(NCC(O)COc2ccc(F)cc2)C1C. The third-order valence-corrected chi connectivity index (χ3v) is 4.58. The summed E-state index contributed by atoms with van der Waals surface area (Å²) in [6.07, 6.45) is 3.18. The number of nitrogens with one attached hydrogen (secondary N) is 1. The smallest absolute Gasteiger partial charge is 0.123 e. The van der Waals surface area contributed by atoms with Crippen molar-refractivity contribution < 1.29 is 14.2 Å². The Morgan fingerprint density at radius 3 is 2.71 bits per heavy atom. The van der Waals surface area contributed by atoms with E-state index >= 15 is 0 Å². The highest BCUT2D eigenvalue weighted by molar-refractivity contribution is 5.22. The Labute approximate surface area is 126 Å². The number of benzene rings is 1. The molecule has 3 nitrogen and oxygen atoms in total. The largest absolute Gasteiger partial charge is 0.491 e. The number of aliphatic hydroxyl groups excluding tert-OH is 1. The van der Waals surface area contributed by atoms with Crippen molar-refractivity contribution in [3.8, 4) is 5.75 Å². The van der Waals surface area contributed by atoms with Crippen LogP contribution in [-0.2, 0) is 0 Å².